The average molecular weight is 363 g/mol. The van der Waals surface area contributed by atoms with E-state index in [4.69, 9.17) is 0 Å². The van der Waals surface area contributed by atoms with Crippen LogP contribution in [-0.2, 0) is 12.8 Å². The van der Waals surface area contributed by atoms with Gasteiger partial charge in [0.05, 0.1) is 0 Å². The second kappa shape index (κ2) is 4.09. The van der Waals surface area contributed by atoms with Crippen molar-refractivity contribution in [3.05, 3.63) is 23.5 Å². The van der Waals surface area contributed by atoms with E-state index in [1.54, 1.807) is 10.2 Å². The van der Waals surface area contributed by atoms with E-state index in [-0.39, 0.29) is 19.3 Å². The molecule has 1 N–H and O–H groups in total. The number of rotatable bonds is 1. The molecule has 0 aliphatic heterocycles. The van der Waals surface area contributed by atoms with Crippen molar-refractivity contribution < 1.29 is 18.3 Å². The van der Waals surface area contributed by atoms with Crippen molar-refractivity contribution >= 4 is 30.3 Å². The SMILES string of the molecule is OC1(C(F)(F)F)CCc2ccn(SI)c2C1. The Hall–Kier alpha value is 0.110. The fourth-order valence-corrected chi connectivity index (χ4v) is 3.40. The Labute approximate surface area is 107 Å². The number of fused-ring (bicyclic) bond motifs is 1. The van der Waals surface area contributed by atoms with Crippen LogP contribution in [0.15, 0.2) is 12.3 Å². The number of aromatic nitrogens is 1. The highest BCUT2D eigenvalue weighted by Gasteiger charge is 2.55. The molecule has 1 aromatic heterocycles. The van der Waals surface area contributed by atoms with Crippen LogP contribution in [0.1, 0.15) is 17.7 Å². The highest BCUT2D eigenvalue weighted by Crippen LogP contribution is 2.41. The molecular formula is C9H9F3INOS. The molecule has 7 heteroatoms. The lowest BCUT2D eigenvalue weighted by Crippen LogP contribution is -2.49. The van der Waals surface area contributed by atoms with Crippen molar-refractivity contribution in [2.45, 2.75) is 31.0 Å². The highest BCUT2D eigenvalue weighted by atomic mass is 127. The van der Waals surface area contributed by atoms with Gasteiger partial charge in [-0.25, -0.2) is 0 Å². The maximum absolute atomic E-state index is 12.7. The number of nitrogens with zero attached hydrogens (tertiary/aromatic N) is 1. The van der Waals surface area contributed by atoms with E-state index >= 15 is 0 Å². The molecule has 2 nitrogen and oxygen atoms in total. The summed E-state index contributed by atoms with van der Waals surface area (Å²) >= 11 is 2.01. The van der Waals surface area contributed by atoms with Gasteiger partial charge in [0.2, 0.25) is 0 Å². The Morgan fingerprint density at radius 3 is 2.75 bits per heavy atom. The van der Waals surface area contributed by atoms with Crippen LogP contribution < -0.4 is 0 Å². The lowest BCUT2D eigenvalue weighted by atomic mass is 9.83. The van der Waals surface area contributed by atoms with Gasteiger partial charge in [0, 0.05) is 48.6 Å². The molecule has 1 atom stereocenters. The molecule has 0 amide bonds. The largest absolute Gasteiger partial charge is 0.417 e. The third kappa shape index (κ3) is 1.97. The summed E-state index contributed by atoms with van der Waals surface area (Å²) in [6, 6.07) is 1.82. The predicted octanol–water partition coefficient (Wildman–Crippen LogP) is 3.12. The van der Waals surface area contributed by atoms with Crippen LogP contribution in [0.5, 0.6) is 0 Å². The van der Waals surface area contributed by atoms with Gasteiger partial charge < -0.3 is 5.11 Å². The Kier molecular flexibility index (Phi) is 3.21. The van der Waals surface area contributed by atoms with Crippen molar-refractivity contribution in [2.24, 2.45) is 0 Å². The third-order valence-electron chi connectivity index (χ3n) is 2.92. The van der Waals surface area contributed by atoms with E-state index in [0.29, 0.717) is 5.69 Å². The Morgan fingerprint density at radius 2 is 2.19 bits per heavy atom. The van der Waals surface area contributed by atoms with Crippen molar-refractivity contribution in [1.82, 2.24) is 3.97 Å². The summed E-state index contributed by atoms with van der Waals surface area (Å²) in [6.45, 7) is 0. The van der Waals surface area contributed by atoms with Crippen LogP contribution in [0.2, 0.25) is 0 Å². The van der Waals surface area contributed by atoms with Crippen LogP contribution in [-0.4, -0.2) is 20.9 Å². The second-order valence-electron chi connectivity index (χ2n) is 3.89. The molecule has 0 radical (unpaired) electrons. The van der Waals surface area contributed by atoms with Crippen LogP contribution in [0, 0.1) is 0 Å². The lowest BCUT2D eigenvalue weighted by Gasteiger charge is -2.34. The summed E-state index contributed by atoms with van der Waals surface area (Å²) in [6.07, 6.45) is -3.15. The molecular weight excluding hydrogens is 354 g/mol. The molecule has 0 fully saturated rings. The van der Waals surface area contributed by atoms with Gasteiger partial charge in [0.1, 0.15) is 0 Å². The number of alkyl halides is 3. The van der Waals surface area contributed by atoms with E-state index in [9.17, 15) is 18.3 Å². The van der Waals surface area contributed by atoms with Gasteiger partial charge in [-0.1, -0.05) is 0 Å². The summed E-state index contributed by atoms with van der Waals surface area (Å²) in [7, 11) is 1.31. The van der Waals surface area contributed by atoms with E-state index in [1.165, 1.54) is 9.12 Å². The molecule has 0 saturated carbocycles. The Bertz CT molecular complexity index is 392. The molecule has 1 aliphatic rings. The number of hydrogen-bond donors (Lipinski definition) is 1. The van der Waals surface area contributed by atoms with Crippen molar-refractivity contribution in [3.8, 4) is 0 Å². The fraction of sp³-hybridized carbons (Fsp3) is 0.556. The summed E-state index contributed by atoms with van der Waals surface area (Å²) in [5.74, 6) is 0. The van der Waals surface area contributed by atoms with E-state index < -0.39 is 11.8 Å². The molecule has 1 heterocycles. The van der Waals surface area contributed by atoms with Crippen LogP contribution in [0.3, 0.4) is 0 Å². The number of halogens is 4. The molecule has 0 bridgehead atoms. The number of aliphatic hydroxyl groups is 1. The van der Waals surface area contributed by atoms with Gasteiger partial charge in [-0.2, -0.15) is 13.2 Å². The first-order valence-corrected chi connectivity index (χ1v) is 7.96. The maximum atomic E-state index is 12.7. The van der Waals surface area contributed by atoms with Gasteiger partial charge in [0.15, 0.2) is 5.60 Å². The van der Waals surface area contributed by atoms with Gasteiger partial charge in [-0.15, -0.1) is 0 Å². The normalized spacial score (nSPS) is 25.6. The molecule has 1 unspecified atom stereocenters. The monoisotopic (exact) mass is 363 g/mol. The smallest absolute Gasteiger partial charge is 0.380 e. The third-order valence-corrected chi connectivity index (χ3v) is 4.68. The minimum absolute atomic E-state index is 0.251. The summed E-state index contributed by atoms with van der Waals surface area (Å²) in [5.41, 5.74) is -1.09. The van der Waals surface area contributed by atoms with Gasteiger partial charge in [0.25, 0.3) is 0 Å². The van der Waals surface area contributed by atoms with Gasteiger partial charge >= 0.3 is 6.18 Å². The zero-order valence-corrected chi connectivity index (χ0v) is 11.1. The molecule has 0 spiro atoms. The zero-order valence-electron chi connectivity index (χ0n) is 8.09. The van der Waals surface area contributed by atoms with E-state index in [2.05, 4.69) is 0 Å². The topological polar surface area (TPSA) is 25.2 Å². The predicted molar refractivity (Wildman–Crippen MR) is 64.5 cm³/mol. The summed E-state index contributed by atoms with van der Waals surface area (Å²) in [4.78, 5) is 0. The van der Waals surface area contributed by atoms with Crippen LogP contribution in [0.25, 0.3) is 0 Å². The molecule has 1 aliphatic carbocycles. The molecule has 0 saturated heterocycles. The van der Waals surface area contributed by atoms with Crippen LogP contribution in [0.4, 0.5) is 13.2 Å². The van der Waals surface area contributed by atoms with E-state index in [0.717, 1.165) is 5.56 Å². The quantitative estimate of drug-likeness (QED) is 0.776. The molecule has 16 heavy (non-hydrogen) atoms. The Morgan fingerprint density at radius 1 is 1.50 bits per heavy atom. The van der Waals surface area contributed by atoms with Crippen molar-refractivity contribution in [2.75, 3.05) is 0 Å². The zero-order chi connectivity index (χ0) is 12.0. The van der Waals surface area contributed by atoms with Crippen molar-refractivity contribution in [3.63, 3.8) is 0 Å². The molecule has 90 valence electrons. The standard InChI is InChI=1S/C9H9F3INOS/c10-9(11,12)8(15)3-1-6-2-4-14(16-13)7(6)5-8/h2,4,15H,1,3,5H2. The summed E-state index contributed by atoms with van der Waals surface area (Å²) < 4.78 is 39.8. The van der Waals surface area contributed by atoms with E-state index in [1.807, 2.05) is 27.3 Å². The number of aryl methyl sites for hydroxylation is 1. The second-order valence-corrected chi connectivity index (χ2v) is 5.60. The average Bonchev–Trinajstić information content (AvgIpc) is 2.58. The van der Waals surface area contributed by atoms with Gasteiger partial charge in [-0.05, 0) is 24.5 Å². The first kappa shape index (κ1) is 12.6. The maximum Gasteiger partial charge on any atom is 0.417 e. The molecule has 1 aromatic rings. The minimum atomic E-state index is -4.56. The fourth-order valence-electron chi connectivity index (χ4n) is 1.92. The number of hydrogen-bond acceptors (Lipinski definition) is 2. The van der Waals surface area contributed by atoms with Crippen molar-refractivity contribution in [1.29, 1.82) is 0 Å². The van der Waals surface area contributed by atoms with Gasteiger partial charge in [-0.3, -0.25) is 3.97 Å². The molecule has 2 rings (SSSR count). The first-order chi connectivity index (χ1) is 7.37. The Balaban J connectivity index is 2.35. The first-order valence-electron chi connectivity index (χ1n) is 4.65. The molecule has 0 aromatic carbocycles. The van der Waals surface area contributed by atoms with Crippen LogP contribution >= 0.6 is 30.3 Å². The minimum Gasteiger partial charge on any atom is -0.380 e. The summed E-state index contributed by atoms with van der Waals surface area (Å²) in [5, 5.41) is 9.64. The highest BCUT2D eigenvalue weighted by molar-refractivity contribution is 14.2. The lowest BCUT2D eigenvalue weighted by molar-refractivity contribution is -0.263.